The fourth-order valence-corrected chi connectivity index (χ4v) is 3.15. The SMILES string of the molecule is NS(=O)(=O)c1ccc(-n2nc(C(F)(F)F)cc2-c2nccs2)cc1. The molecule has 0 fully saturated rings. The molecule has 0 saturated heterocycles. The summed E-state index contributed by atoms with van der Waals surface area (Å²) in [6.45, 7) is 0. The van der Waals surface area contributed by atoms with Crippen LogP contribution in [0.1, 0.15) is 5.69 Å². The molecule has 0 aliphatic rings. The number of aromatic nitrogens is 3. The number of thiazole rings is 1. The van der Waals surface area contributed by atoms with Crippen LogP contribution in [0.25, 0.3) is 16.4 Å². The summed E-state index contributed by atoms with van der Waals surface area (Å²) in [7, 11) is -3.89. The van der Waals surface area contributed by atoms with Crippen molar-refractivity contribution in [2.45, 2.75) is 11.1 Å². The lowest BCUT2D eigenvalue weighted by Gasteiger charge is -2.06. The smallest absolute Gasteiger partial charge is 0.243 e. The average molecular weight is 374 g/mol. The number of benzene rings is 1. The van der Waals surface area contributed by atoms with Crippen LogP contribution in [0.2, 0.25) is 0 Å². The van der Waals surface area contributed by atoms with Crippen molar-refractivity contribution >= 4 is 21.4 Å². The van der Waals surface area contributed by atoms with Crippen LogP contribution in [0.15, 0.2) is 46.8 Å². The molecule has 11 heteroatoms. The van der Waals surface area contributed by atoms with Gasteiger partial charge in [-0.15, -0.1) is 11.3 Å². The van der Waals surface area contributed by atoms with Crippen molar-refractivity contribution in [1.29, 1.82) is 0 Å². The molecule has 2 aromatic heterocycles. The van der Waals surface area contributed by atoms with Crippen LogP contribution in [0.3, 0.4) is 0 Å². The molecule has 0 atom stereocenters. The molecule has 2 heterocycles. The van der Waals surface area contributed by atoms with E-state index in [0.29, 0.717) is 5.01 Å². The van der Waals surface area contributed by atoms with Gasteiger partial charge in [-0.2, -0.15) is 18.3 Å². The first kappa shape index (κ1) is 16.6. The number of hydrogen-bond donors (Lipinski definition) is 1. The highest BCUT2D eigenvalue weighted by Crippen LogP contribution is 2.33. The molecule has 1 aromatic carbocycles. The number of nitrogens with two attached hydrogens (primary N) is 1. The van der Waals surface area contributed by atoms with E-state index < -0.39 is 21.9 Å². The maximum absolute atomic E-state index is 13.0. The normalized spacial score (nSPS) is 12.5. The van der Waals surface area contributed by atoms with Crippen LogP contribution in [0.5, 0.6) is 0 Å². The highest BCUT2D eigenvalue weighted by atomic mass is 32.2. The van der Waals surface area contributed by atoms with E-state index in [1.165, 1.54) is 30.5 Å². The van der Waals surface area contributed by atoms with Gasteiger partial charge in [0.1, 0.15) is 10.7 Å². The van der Waals surface area contributed by atoms with Crippen molar-refractivity contribution in [1.82, 2.24) is 14.8 Å². The van der Waals surface area contributed by atoms with Crippen molar-refractivity contribution < 1.29 is 21.6 Å². The molecule has 0 aliphatic carbocycles. The molecule has 126 valence electrons. The Balaban J connectivity index is 2.14. The highest BCUT2D eigenvalue weighted by molar-refractivity contribution is 7.89. The van der Waals surface area contributed by atoms with E-state index in [9.17, 15) is 21.6 Å². The average Bonchev–Trinajstić information content (AvgIpc) is 3.15. The highest BCUT2D eigenvalue weighted by Gasteiger charge is 2.35. The summed E-state index contributed by atoms with van der Waals surface area (Å²) in [6, 6.07) is 5.94. The second-order valence-electron chi connectivity index (χ2n) is 4.70. The van der Waals surface area contributed by atoms with Gasteiger partial charge in [0.15, 0.2) is 5.69 Å². The second-order valence-corrected chi connectivity index (χ2v) is 7.16. The number of alkyl halides is 3. The number of hydrogen-bond acceptors (Lipinski definition) is 5. The maximum atomic E-state index is 13.0. The molecule has 3 rings (SSSR count). The third-order valence-electron chi connectivity index (χ3n) is 3.06. The molecule has 0 bridgehead atoms. The lowest BCUT2D eigenvalue weighted by atomic mass is 10.3. The van der Waals surface area contributed by atoms with Crippen molar-refractivity contribution in [3.05, 3.63) is 47.6 Å². The topological polar surface area (TPSA) is 90.9 Å². The minimum atomic E-state index is -4.61. The van der Waals surface area contributed by atoms with Gasteiger partial charge in [0.25, 0.3) is 0 Å². The molecule has 0 aliphatic heterocycles. The van der Waals surface area contributed by atoms with Crippen molar-refractivity contribution in [2.75, 3.05) is 0 Å². The van der Waals surface area contributed by atoms with Crippen LogP contribution in [0, 0.1) is 0 Å². The zero-order chi connectivity index (χ0) is 17.5. The minimum absolute atomic E-state index is 0.148. The van der Waals surface area contributed by atoms with Crippen LogP contribution < -0.4 is 5.14 Å². The summed E-state index contributed by atoms with van der Waals surface area (Å²) in [5.74, 6) is 0. The van der Waals surface area contributed by atoms with Gasteiger partial charge in [0.2, 0.25) is 10.0 Å². The van der Waals surface area contributed by atoms with E-state index in [2.05, 4.69) is 10.1 Å². The largest absolute Gasteiger partial charge is 0.435 e. The second kappa shape index (κ2) is 5.69. The van der Waals surface area contributed by atoms with E-state index in [4.69, 9.17) is 5.14 Å². The molecular formula is C13H9F3N4O2S2. The van der Waals surface area contributed by atoms with Gasteiger partial charge in [0.05, 0.1) is 10.6 Å². The lowest BCUT2D eigenvalue weighted by Crippen LogP contribution is -2.12. The van der Waals surface area contributed by atoms with Gasteiger partial charge in [-0.1, -0.05) is 0 Å². The van der Waals surface area contributed by atoms with Gasteiger partial charge < -0.3 is 0 Å². The van der Waals surface area contributed by atoms with Gasteiger partial charge in [-0.25, -0.2) is 23.2 Å². The van der Waals surface area contributed by atoms with Gasteiger partial charge in [-0.3, -0.25) is 0 Å². The summed E-state index contributed by atoms with van der Waals surface area (Å²) in [6.07, 6.45) is -3.15. The minimum Gasteiger partial charge on any atom is -0.243 e. The van der Waals surface area contributed by atoms with E-state index in [1.54, 1.807) is 5.38 Å². The molecule has 2 N–H and O–H groups in total. The standard InChI is InChI=1S/C13H9F3N4O2S2/c14-13(15,16)11-7-10(12-18-5-6-23-12)20(19-11)8-1-3-9(4-2-8)24(17,21)22/h1-7H,(H2,17,21,22). The molecule has 0 unspecified atom stereocenters. The third kappa shape index (κ3) is 3.18. The summed E-state index contributed by atoms with van der Waals surface area (Å²) in [5.41, 5.74) is -0.660. The monoisotopic (exact) mass is 374 g/mol. The van der Waals surface area contributed by atoms with Gasteiger partial charge >= 0.3 is 6.18 Å². The molecule has 0 amide bonds. The van der Waals surface area contributed by atoms with Crippen molar-refractivity contribution in [3.63, 3.8) is 0 Å². The van der Waals surface area contributed by atoms with E-state index in [-0.39, 0.29) is 16.3 Å². The van der Waals surface area contributed by atoms with Crippen molar-refractivity contribution in [3.8, 4) is 16.4 Å². The van der Waals surface area contributed by atoms with E-state index in [1.807, 2.05) is 0 Å². The zero-order valence-electron chi connectivity index (χ0n) is 11.7. The number of nitrogens with zero attached hydrogens (tertiary/aromatic N) is 3. The number of rotatable bonds is 3. The number of sulfonamides is 1. The Labute approximate surface area is 138 Å². The Hall–Kier alpha value is -2.24. The fraction of sp³-hybridized carbons (Fsp3) is 0.0769. The first-order valence-corrected chi connectivity index (χ1v) is 8.79. The van der Waals surface area contributed by atoms with E-state index in [0.717, 1.165) is 22.1 Å². The molecule has 0 radical (unpaired) electrons. The predicted molar refractivity (Wildman–Crippen MR) is 81.0 cm³/mol. The Morgan fingerprint density at radius 2 is 1.83 bits per heavy atom. The molecule has 24 heavy (non-hydrogen) atoms. The zero-order valence-corrected chi connectivity index (χ0v) is 13.4. The Morgan fingerprint density at radius 1 is 1.17 bits per heavy atom. The first-order chi connectivity index (χ1) is 11.2. The maximum Gasteiger partial charge on any atom is 0.435 e. The van der Waals surface area contributed by atoms with Crippen LogP contribution in [0.4, 0.5) is 13.2 Å². The van der Waals surface area contributed by atoms with E-state index >= 15 is 0 Å². The van der Waals surface area contributed by atoms with Gasteiger partial charge in [0, 0.05) is 11.6 Å². The summed E-state index contributed by atoms with van der Waals surface area (Å²) < 4.78 is 62.5. The molecule has 0 saturated carbocycles. The Kier molecular flexibility index (Phi) is 3.94. The molecular weight excluding hydrogens is 365 g/mol. The molecule has 3 aromatic rings. The van der Waals surface area contributed by atoms with Crippen LogP contribution in [-0.4, -0.2) is 23.2 Å². The van der Waals surface area contributed by atoms with Crippen molar-refractivity contribution in [2.24, 2.45) is 5.14 Å². The summed E-state index contributed by atoms with van der Waals surface area (Å²) >= 11 is 1.16. The lowest BCUT2D eigenvalue weighted by molar-refractivity contribution is -0.141. The number of halogens is 3. The summed E-state index contributed by atoms with van der Waals surface area (Å²) in [5, 5.41) is 10.6. The van der Waals surface area contributed by atoms with Crippen LogP contribution in [-0.2, 0) is 16.2 Å². The first-order valence-electron chi connectivity index (χ1n) is 6.36. The number of primary sulfonamides is 1. The Bertz CT molecular complexity index is 962. The quantitative estimate of drug-likeness (QED) is 0.763. The summed E-state index contributed by atoms with van der Waals surface area (Å²) in [4.78, 5) is 3.85. The molecule has 0 spiro atoms. The predicted octanol–water partition coefficient (Wildman–Crippen LogP) is 2.66. The fourth-order valence-electron chi connectivity index (χ4n) is 2.00. The van der Waals surface area contributed by atoms with Gasteiger partial charge in [-0.05, 0) is 30.3 Å². The third-order valence-corrected chi connectivity index (χ3v) is 4.79. The molecule has 6 nitrogen and oxygen atoms in total. The Morgan fingerprint density at radius 3 is 2.33 bits per heavy atom. The van der Waals surface area contributed by atoms with Crippen LogP contribution >= 0.6 is 11.3 Å².